The van der Waals surface area contributed by atoms with Crippen molar-refractivity contribution >= 4 is 10.8 Å². The lowest BCUT2D eigenvalue weighted by atomic mass is 9.88. The maximum atomic E-state index is 2.34. The first-order valence-electron chi connectivity index (χ1n) is 8.80. The fourth-order valence-electron chi connectivity index (χ4n) is 3.64. The highest BCUT2D eigenvalue weighted by Crippen LogP contribution is 2.38. The zero-order valence-electron chi connectivity index (χ0n) is 15.0. The molecule has 0 fully saturated rings. The third-order valence-electron chi connectivity index (χ3n) is 4.91. The van der Waals surface area contributed by atoms with Gasteiger partial charge in [0, 0.05) is 0 Å². The van der Waals surface area contributed by atoms with E-state index in [1.807, 2.05) is 0 Å². The maximum absolute atomic E-state index is 2.34. The van der Waals surface area contributed by atoms with Gasteiger partial charge >= 0.3 is 0 Å². The van der Waals surface area contributed by atoms with Gasteiger partial charge in [-0.3, -0.25) is 0 Å². The molecule has 4 rings (SSSR count). The summed E-state index contributed by atoms with van der Waals surface area (Å²) in [7, 11) is 0. The van der Waals surface area contributed by atoms with Crippen LogP contribution in [-0.4, -0.2) is 0 Å². The van der Waals surface area contributed by atoms with Gasteiger partial charge in [0.25, 0.3) is 0 Å². The molecule has 0 radical (unpaired) electrons. The molecule has 0 aliphatic heterocycles. The van der Waals surface area contributed by atoms with Gasteiger partial charge in [0.1, 0.15) is 0 Å². The first-order valence-corrected chi connectivity index (χ1v) is 8.80. The zero-order valence-corrected chi connectivity index (χ0v) is 15.0. The summed E-state index contributed by atoms with van der Waals surface area (Å²) in [6.45, 7) is 6.53. The second kappa shape index (κ2) is 6.22. The van der Waals surface area contributed by atoms with Crippen molar-refractivity contribution in [3.8, 4) is 22.3 Å². The molecule has 0 amide bonds. The zero-order chi connectivity index (χ0) is 17.4. The fourth-order valence-corrected chi connectivity index (χ4v) is 3.64. The Morgan fingerprint density at radius 2 is 1.20 bits per heavy atom. The predicted octanol–water partition coefficient (Wildman–Crippen LogP) is 7.10. The van der Waals surface area contributed by atoms with Crippen LogP contribution in [-0.2, 0) is 0 Å². The van der Waals surface area contributed by atoms with Crippen LogP contribution < -0.4 is 0 Å². The Hall–Kier alpha value is -2.86. The molecule has 0 bridgehead atoms. The number of fused-ring (bicyclic) bond motifs is 1. The molecule has 0 saturated heterocycles. The number of benzene rings is 4. The molecule has 0 aliphatic rings. The normalized spacial score (nSPS) is 11.0. The molecule has 0 heteroatoms. The van der Waals surface area contributed by atoms with Crippen LogP contribution >= 0.6 is 0 Å². The highest BCUT2D eigenvalue weighted by Gasteiger charge is 2.13. The predicted molar refractivity (Wildman–Crippen MR) is 109 cm³/mol. The summed E-state index contributed by atoms with van der Waals surface area (Å²) >= 11 is 0. The third-order valence-corrected chi connectivity index (χ3v) is 4.91. The molecule has 0 nitrogen and oxygen atoms in total. The summed E-state index contributed by atoms with van der Waals surface area (Å²) < 4.78 is 0. The minimum atomic E-state index is 1.28. The van der Waals surface area contributed by atoms with E-state index in [9.17, 15) is 0 Å². The number of aryl methyl sites for hydroxylation is 3. The Bertz CT molecular complexity index is 1040. The second-order valence-electron chi connectivity index (χ2n) is 6.90. The smallest absolute Gasteiger partial charge is 0.00756 e. The monoisotopic (exact) mass is 322 g/mol. The van der Waals surface area contributed by atoms with Gasteiger partial charge in [-0.2, -0.15) is 0 Å². The van der Waals surface area contributed by atoms with Crippen LogP contribution in [0.25, 0.3) is 33.0 Å². The summed E-state index contributed by atoms with van der Waals surface area (Å²) in [5.41, 5.74) is 9.13. The van der Waals surface area contributed by atoms with Gasteiger partial charge in [-0.05, 0) is 59.4 Å². The Balaban J connectivity index is 2.07. The molecule has 0 spiro atoms. The Morgan fingerprint density at radius 1 is 0.520 bits per heavy atom. The fraction of sp³-hybridized carbons (Fsp3) is 0.120. The van der Waals surface area contributed by atoms with Crippen LogP contribution in [0.4, 0.5) is 0 Å². The lowest BCUT2D eigenvalue weighted by molar-refractivity contribution is 1.44. The van der Waals surface area contributed by atoms with Gasteiger partial charge in [0.15, 0.2) is 0 Å². The van der Waals surface area contributed by atoms with E-state index in [1.165, 1.54) is 49.7 Å². The minimum absolute atomic E-state index is 1.28. The Morgan fingerprint density at radius 3 is 1.92 bits per heavy atom. The van der Waals surface area contributed by atoms with E-state index < -0.39 is 0 Å². The molecule has 4 aromatic carbocycles. The van der Waals surface area contributed by atoms with Crippen molar-refractivity contribution < 1.29 is 0 Å². The topological polar surface area (TPSA) is 0 Å². The average Bonchev–Trinajstić information content (AvgIpc) is 2.62. The van der Waals surface area contributed by atoms with Crippen molar-refractivity contribution in [2.45, 2.75) is 20.8 Å². The van der Waals surface area contributed by atoms with Gasteiger partial charge in [0.05, 0.1) is 0 Å². The van der Waals surface area contributed by atoms with Gasteiger partial charge < -0.3 is 0 Å². The third kappa shape index (κ3) is 2.85. The largest absolute Gasteiger partial charge is 0.0622 e. The van der Waals surface area contributed by atoms with Crippen molar-refractivity contribution in [1.82, 2.24) is 0 Å². The molecule has 4 aromatic rings. The lowest BCUT2D eigenvalue weighted by Crippen LogP contribution is -1.91. The van der Waals surface area contributed by atoms with E-state index in [4.69, 9.17) is 0 Å². The Labute approximate surface area is 149 Å². The average molecular weight is 322 g/mol. The molecule has 122 valence electrons. The van der Waals surface area contributed by atoms with Crippen molar-refractivity contribution in [1.29, 1.82) is 0 Å². The van der Waals surface area contributed by atoms with E-state index in [0.29, 0.717) is 0 Å². The van der Waals surface area contributed by atoms with E-state index in [0.717, 1.165) is 0 Å². The SMILES string of the molecule is Cc1ccc(-c2cc(C)c(-c3ccccc3)c3cc(C)ccc23)cc1. The van der Waals surface area contributed by atoms with Gasteiger partial charge in [-0.15, -0.1) is 0 Å². The van der Waals surface area contributed by atoms with Crippen molar-refractivity contribution in [2.24, 2.45) is 0 Å². The van der Waals surface area contributed by atoms with Gasteiger partial charge in [-0.1, -0.05) is 90.0 Å². The summed E-state index contributed by atoms with van der Waals surface area (Å²) in [6, 6.07) is 28.7. The molecule has 0 saturated carbocycles. The molecule has 0 heterocycles. The van der Waals surface area contributed by atoms with Crippen LogP contribution in [0.15, 0.2) is 78.9 Å². The van der Waals surface area contributed by atoms with Gasteiger partial charge in [-0.25, -0.2) is 0 Å². The van der Waals surface area contributed by atoms with Gasteiger partial charge in [0.2, 0.25) is 0 Å². The first kappa shape index (κ1) is 15.7. The van der Waals surface area contributed by atoms with E-state index >= 15 is 0 Å². The van der Waals surface area contributed by atoms with Crippen LogP contribution in [0.2, 0.25) is 0 Å². The molecule has 0 atom stereocenters. The summed E-state index contributed by atoms with van der Waals surface area (Å²) in [5.74, 6) is 0. The van der Waals surface area contributed by atoms with Crippen molar-refractivity contribution in [3.63, 3.8) is 0 Å². The number of rotatable bonds is 2. The summed E-state index contributed by atoms with van der Waals surface area (Å²) in [6.07, 6.45) is 0. The standard InChI is InChI=1S/C25H22/c1-17-9-12-20(13-10-17)23-16-19(3)25(21-7-5-4-6-8-21)24-15-18(2)11-14-22(23)24/h4-16H,1-3H3. The Kier molecular flexibility index (Phi) is 3.89. The summed E-state index contributed by atoms with van der Waals surface area (Å²) in [4.78, 5) is 0. The first-order chi connectivity index (χ1) is 12.1. The quantitative estimate of drug-likeness (QED) is 0.369. The highest BCUT2D eigenvalue weighted by atomic mass is 14.2. The van der Waals surface area contributed by atoms with Crippen LogP contribution in [0.1, 0.15) is 16.7 Å². The highest BCUT2D eigenvalue weighted by molar-refractivity contribution is 6.06. The molecule has 0 aromatic heterocycles. The molecule has 0 N–H and O–H groups in total. The second-order valence-corrected chi connectivity index (χ2v) is 6.90. The molecular formula is C25H22. The molecule has 0 unspecified atom stereocenters. The van der Waals surface area contributed by atoms with Crippen LogP contribution in [0, 0.1) is 20.8 Å². The van der Waals surface area contributed by atoms with Crippen molar-refractivity contribution in [3.05, 3.63) is 95.6 Å². The maximum Gasteiger partial charge on any atom is -0.00756 e. The summed E-state index contributed by atoms with van der Waals surface area (Å²) in [5, 5.41) is 2.65. The van der Waals surface area contributed by atoms with E-state index in [1.54, 1.807) is 0 Å². The lowest BCUT2D eigenvalue weighted by Gasteiger charge is -2.16. The number of hydrogen-bond acceptors (Lipinski definition) is 0. The van der Waals surface area contributed by atoms with E-state index in [-0.39, 0.29) is 0 Å². The minimum Gasteiger partial charge on any atom is -0.0622 e. The number of hydrogen-bond donors (Lipinski definition) is 0. The van der Waals surface area contributed by atoms with Crippen molar-refractivity contribution in [2.75, 3.05) is 0 Å². The van der Waals surface area contributed by atoms with Crippen LogP contribution in [0.3, 0.4) is 0 Å². The molecule has 25 heavy (non-hydrogen) atoms. The van der Waals surface area contributed by atoms with E-state index in [2.05, 4.69) is 99.6 Å². The van der Waals surface area contributed by atoms with Crippen LogP contribution in [0.5, 0.6) is 0 Å². The molecular weight excluding hydrogens is 300 g/mol. The molecule has 0 aliphatic carbocycles.